The van der Waals surface area contributed by atoms with Crippen molar-refractivity contribution in [2.24, 2.45) is 7.05 Å². The van der Waals surface area contributed by atoms with E-state index in [2.05, 4.69) is 5.10 Å². The molecule has 0 aliphatic rings. The molecule has 0 radical (unpaired) electrons. The fourth-order valence-electron chi connectivity index (χ4n) is 1.61. The number of anilines is 1. The van der Waals surface area contributed by atoms with Crippen LogP contribution in [0.1, 0.15) is 11.3 Å². The number of aryl methyl sites for hydroxylation is 3. The Morgan fingerprint density at radius 1 is 1.35 bits per heavy atom. The summed E-state index contributed by atoms with van der Waals surface area (Å²) in [6.45, 7) is 3.58. The third-order valence-electron chi connectivity index (χ3n) is 2.56. The molecule has 2 rings (SSSR count). The van der Waals surface area contributed by atoms with E-state index in [1.165, 1.54) is 12.1 Å². The topological polar surface area (TPSA) is 53.1 Å². The number of benzene rings is 1. The predicted octanol–water partition coefficient (Wildman–Crippen LogP) is 2.55. The summed E-state index contributed by atoms with van der Waals surface area (Å²) >= 11 is 0. The van der Waals surface area contributed by atoms with Crippen molar-refractivity contribution in [3.8, 4) is 11.6 Å². The molecule has 0 saturated heterocycles. The van der Waals surface area contributed by atoms with E-state index in [9.17, 15) is 4.39 Å². The van der Waals surface area contributed by atoms with Crippen molar-refractivity contribution in [2.75, 3.05) is 5.73 Å². The van der Waals surface area contributed by atoms with Crippen molar-refractivity contribution in [1.82, 2.24) is 9.78 Å². The lowest BCUT2D eigenvalue weighted by molar-refractivity contribution is 0.428. The number of ether oxygens (including phenoxy) is 1. The third kappa shape index (κ3) is 2.08. The first-order chi connectivity index (χ1) is 7.99. The zero-order chi connectivity index (χ0) is 12.6. The first-order valence-corrected chi connectivity index (χ1v) is 5.22. The van der Waals surface area contributed by atoms with Crippen LogP contribution in [-0.2, 0) is 7.05 Å². The first kappa shape index (κ1) is 11.4. The zero-order valence-electron chi connectivity index (χ0n) is 9.99. The Kier molecular flexibility index (Phi) is 2.75. The van der Waals surface area contributed by atoms with Crippen LogP contribution in [0.4, 0.5) is 10.1 Å². The fraction of sp³-hybridized carbons (Fsp3) is 0.250. The van der Waals surface area contributed by atoms with Crippen LogP contribution in [0.3, 0.4) is 0 Å². The zero-order valence-corrected chi connectivity index (χ0v) is 9.99. The quantitative estimate of drug-likeness (QED) is 0.870. The van der Waals surface area contributed by atoms with Gasteiger partial charge in [0.05, 0.1) is 5.69 Å². The number of halogens is 1. The molecule has 0 spiro atoms. The maximum Gasteiger partial charge on any atom is 0.241 e. The van der Waals surface area contributed by atoms with Crippen LogP contribution in [0.2, 0.25) is 0 Å². The van der Waals surface area contributed by atoms with E-state index in [0.717, 1.165) is 0 Å². The van der Waals surface area contributed by atoms with Crippen LogP contribution in [0.25, 0.3) is 0 Å². The summed E-state index contributed by atoms with van der Waals surface area (Å²) in [5.41, 5.74) is 7.77. The number of nitrogens with zero attached hydrogens (tertiary/aromatic N) is 2. The molecule has 5 heteroatoms. The Morgan fingerprint density at radius 3 is 2.59 bits per heavy atom. The molecule has 2 N–H and O–H groups in total. The molecule has 0 aliphatic carbocycles. The molecule has 1 heterocycles. The molecule has 0 atom stereocenters. The molecule has 4 nitrogen and oxygen atoms in total. The molecule has 1 aromatic carbocycles. The van der Waals surface area contributed by atoms with E-state index in [1.807, 2.05) is 0 Å². The normalized spacial score (nSPS) is 10.6. The molecule has 0 fully saturated rings. The Labute approximate surface area is 98.8 Å². The summed E-state index contributed by atoms with van der Waals surface area (Å²) in [4.78, 5) is 0. The predicted molar refractivity (Wildman–Crippen MR) is 63.6 cm³/mol. The number of rotatable bonds is 2. The minimum Gasteiger partial charge on any atom is -0.437 e. The summed E-state index contributed by atoms with van der Waals surface area (Å²) in [6.07, 6.45) is 0. The standard InChI is InChI=1S/C12H14FN3O/c1-7-6-9(13)4-5-10(7)17-12-11(14)8(2)15-16(12)3/h4-6H,14H2,1-3H3. The van der Waals surface area contributed by atoms with Gasteiger partial charge in [0.25, 0.3) is 0 Å². The van der Waals surface area contributed by atoms with Crippen molar-refractivity contribution in [3.05, 3.63) is 35.3 Å². The average molecular weight is 235 g/mol. The van der Waals surface area contributed by atoms with Gasteiger partial charge in [-0.25, -0.2) is 9.07 Å². The molecule has 0 amide bonds. The second-order valence-corrected chi connectivity index (χ2v) is 3.94. The maximum atomic E-state index is 13.0. The highest BCUT2D eigenvalue weighted by Crippen LogP contribution is 2.31. The van der Waals surface area contributed by atoms with Crippen LogP contribution < -0.4 is 10.5 Å². The molecule has 2 aromatic rings. The highest BCUT2D eigenvalue weighted by molar-refractivity contribution is 5.54. The van der Waals surface area contributed by atoms with Gasteiger partial charge in [0.15, 0.2) is 0 Å². The van der Waals surface area contributed by atoms with Gasteiger partial charge in [0.1, 0.15) is 17.3 Å². The number of hydrogen-bond acceptors (Lipinski definition) is 3. The van der Waals surface area contributed by atoms with Gasteiger partial charge in [-0.1, -0.05) is 0 Å². The lowest BCUT2D eigenvalue weighted by Crippen LogP contribution is -1.98. The molecule has 0 bridgehead atoms. The Balaban J connectivity index is 2.38. The first-order valence-electron chi connectivity index (χ1n) is 5.22. The van der Waals surface area contributed by atoms with Crippen molar-refractivity contribution < 1.29 is 9.13 Å². The largest absolute Gasteiger partial charge is 0.437 e. The van der Waals surface area contributed by atoms with E-state index < -0.39 is 0 Å². The number of nitrogen functional groups attached to an aromatic ring is 1. The highest BCUT2D eigenvalue weighted by atomic mass is 19.1. The van der Waals surface area contributed by atoms with Gasteiger partial charge in [-0.15, -0.1) is 0 Å². The fourth-order valence-corrected chi connectivity index (χ4v) is 1.61. The van der Waals surface area contributed by atoms with Crippen LogP contribution >= 0.6 is 0 Å². The minimum atomic E-state index is -0.288. The van der Waals surface area contributed by atoms with Crippen molar-refractivity contribution in [2.45, 2.75) is 13.8 Å². The highest BCUT2D eigenvalue weighted by Gasteiger charge is 2.13. The second kappa shape index (κ2) is 4.08. The van der Waals surface area contributed by atoms with Gasteiger partial charge in [0, 0.05) is 7.05 Å². The number of hydrogen-bond donors (Lipinski definition) is 1. The van der Waals surface area contributed by atoms with Crippen molar-refractivity contribution >= 4 is 5.69 Å². The van der Waals surface area contributed by atoms with Gasteiger partial charge in [-0.05, 0) is 37.6 Å². The number of aromatic nitrogens is 2. The molecule has 90 valence electrons. The molecule has 0 unspecified atom stereocenters. The van der Waals surface area contributed by atoms with Crippen LogP contribution in [0.5, 0.6) is 11.6 Å². The SMILES string of the molecule is Cc1cc(F)ccc1Oc1c(N)c(C)nn1C. The smallest absolute Gasteiger partial charge is 0.241 e. The van der Waals surface area contributed by atoms with E-state index in [-0.39, 0.29) is 5.82 Å². The summed E-state index contributed by atoms with van der Waals surface area (Å²) < 4.78 is 20.2. The third-order valence-corrected chi connectivity index (χ3v) is 2.56. The van der Waals surface area contributed by atoms with E-state index >= 15 is 0 Å². The minimum absolute atomic E-state index is 0.288. The Bertz CT molecular complexity index is 563. The Hall–Kier alpha value is -2.04. The monoisotopic (exact) mass is 235 g/mol. The average Bonchev–Trinajstić information content (AvgIpc) is 2.48. The molecule has 0 saturated carbocycles. The summed E-state index contributed by atoms with van der Waals surface area (Å²) in [5.74, 6) is 0.752. The van der Waals surface area contributed by atoms with Gasteiger partial charge < -0.3 is 10.5 Å². The molecular formula is C12H14FN3O. The van der Waals surface area contributed by atoms with E-state index in [0.29, 0.717) is 28.6 Å². The van der Waals surface area contributed by atoms with Crippen molar-refractivity contribution in [3.63, 3.8) is 0 Å². The van der Waals surface area contributed by atoms with Gasteiger partial charge in [-0.2, -0.15) is 5.10 Å². The second-order valence-electron chi connectivity index (χ2n) is 3.94. The lowest BCUT2D eigenvalue weighted by Gasteiger charge is -2.09. The summed E-state index contributed by atoms with van der Waals surface area (Å²) in [6, 6.07) is 4.34. The molecule has 1 aromatic heterocycles. The summed E-state index contributed by atoms with van der Waals surface area (Å²) in [5, 5.41) is 4.15. The summed E-state index contributed by atoms with van der Waals surface area (Å²) in [7, 11) is 1.75. The maximum absolute atomic E-state index is 13.0. The van der Waals surface area contributed by atoms with Gasteiger partial charge in [-0.3, -0.25) is 0 Å². The van der Waals surface area contributed by atoms with Crippen molar-refractivity contribution in [1.29, 1.82) is 0 Å². The molecular weight excluding hydrogens is 221 g/mol. The Morgan fingerprint density at radius 2 is 2.06 bits per heavy atom. The molecule has 17 heavy (non-hydrogen) atoms. The van der Waals surface area contributed by atoms with E-state index in [4.69, 9.17) is 10.5 Å². The van der Waals surface area contributed by atoms with Gasteiger partial charge >= 0.3 is 0 Å². The number of nitrogens with two attached hydrogens (primary N) is 1. The van der Waals surface area contributed by atoms with Crippen LogP contribution in [-0.4, -0.2) is 9.78 Å². The van der Waals surface area contributed by atoms with Crippen LogP contribution in [0, 0.1) is 19.7 Å². The van der Waals surface area contributed by atoms with E-state index in [1.54, 1.807) is 31.6 Å². The van der Waals surface area contributed by atoms with Gasteiger partial charge in [0.2, 0.25) is 5.88 Å². The lowest BCUT2D eigenvalue weighted by atomic mass is 10.2. The van der Waals surface area contributed by atoms with Crippen LogP contribution in [0.15, 0.2) is 18.2 Å². The molecule has 0 aliphatic heterocycles.